The summed E-state index contributed by atoms with van der Waals surface area (Å²) in [4.78, 5) is 0. The normalized spacial score (nSPS) is 12.2. The van der Waals surface area contributed by atoms with Crippen LogP contribution in [0.3, 0.4) is 0 Å². The molecule has 2 rings (SSSR count). The van der Waals surface area contributed by atoms with Crippen LogP contribution in [0.15, 0.2) is 30.5 Å². The summed E-state index contributed by atoms with van der Waals surface area (Å²) in [5.74, 6) is 0.813. The van der Waals surface area contributed by atoms with E-state index in [9.17, 15) is 0 Å². The summed E-state index contributed by atoms with van der Waals surface area (Å²) in [7, 11) is 3.60. The summed E-state index contributed by atoms with van der Waals surface area (Å²) in [6.45, 7) is 2.60. The van der Waals surface area contributed by atoms with Gasteiger partial charge in [-0.25, -0.2) is 0 Å². The molecule has 0 aliphatic rings. The van der Waals surface area contributed by atoms with Crippen LogP contribution in [0.5, 0.6) is 5.75 Å². The first-order valence-electron chi connectivity index (χ1n) is 6.81. The van der Waals surface area contributed by atoms with Gasteiger partial charge in [0.25, 0.3) is 0 Å². The summed E-state index contributed by atoms with van der Waals surface area (Å²) >= 11 is 0. The van der Waals surface area contributed by atoms with Gasteiger partial charge in [-0.15, -0.1) is 0 Å². The molecule has 0 spiro atoms. The molecule has 1 unspecified atom stereocenters. The number of aryl methyl sites for hydroxylation is 2. The smallest absolute Gasteiger partial charge is 0.141 e. The number of ether oxygens (including phenoxy) is 1. The third-order valence-corrected chi connectivity index (χ3v) is 3.32. The number of benzene rings is 1. The Balaban J connectivity index is 2.28. The number of rotatable bonds is 6. The van der Waals surface area contributed by atoms with Gasteiger partial charge in [0.1, 0.15) is 5.75 Å². The summed E-state index contributed by atoms with van der Waals surface area (Å²) in [5, 5.41) is 7.92. The van der Waals surface area contributed by atoms with Crippen LogP contribution in [0.1, 0.15) is 24.2 Å². The Labute approximate surface area is 119 Å². The van der Waals surface area contributed by atoms with Gasteiger partial charge in [-0.2, -0.15) is 5.10 Å². The maximum Gasteiger partial charge on any atom is 0.141 e. The number of anilines is 1. The first-order chi connectivity index (χ1) is 9.69. The molecule has 2 aromatic rings. The lowest BCUT2D eigenvalue weighted by molar-refractivity contribution is 0.416. The maximum atomic E-state index is 5.94. The van der Waals surface area contributed by atoms with Crippen molar-refractivity contribution < 1.29 is 4.74 Å². The molecular formula is C15H22N4O. The van der Waals surface area contributed by atoms with E-state index in [1.165, 1.54) is 0 Å². The second kappa shape index (κ2) is 6.43. The highest BCUT2D eigenvalue weighted by Gasteiger charge is 2.17. The van der Waals surface area contributed by atoms with Crippen LogP contribution in [0.2, 0.25) is 0 Å². The predicted molar refractivity (Wildman–Crippen MR) is 81.0 cm³/mol. The molecule has 1 atom stereocenters. The number of hydrogen-bond donors (Lipinski definition) is 2. The lowest BCUT2D eigenvalue weighted by Crippen LogP contribution is -2.21. The highest BCUT2D eigenvalue weighted by atomic mass is 16.5. The predicted octanol–water partition coefficient (Wildman–Crippen LogP) is 2.10. The summed E-state index contributed by atoms with van der Waals surface area (Å²) in [5.41, 5.74) is 9.09. The lowest BCUT2D eigenvalue weighted by atomic mass is 10.1. The lowest BCUT2D eigenvalue weighted by Gasteiger charge is -2.19. The molecule has 108 valence electrons. The van der Waals surface area contributed by atoms with E-state index in [1.54, 1.807) is 7.11 Å². The molecule has 0 saturated heterocycles. The SMILES string of the molecule is CCc1nn(C)cc1C(CN)Nc1ccccc1OC. The quantitative estimate of drug-likeness (QED) is 0.846. The van der Waals surface area contributed by atoms with E-state index >= 15 is 0 Å². The molecule has 0 saturated carbocycles. The van der Waals surface area contributed by atoms with E-state index in [0.29, 0.717) is 6.54 Å². The summed E-state index contributed by atoms with van der Waals surface area (Å²) < 4.78 is 7.20. The van der Waals surface area contributed by atoms with E-state index in [0.717, 1.165) is 29.1 Å². The van der Waals surface area contributed by atoms with Crippen molar-refractivity contribution in [3.8, 4) is 5.75 Å². The molecule has 5 nitrogen and oxygen atoms in total. The van der Waals surface area contributed by atoms with Crippen LogP contribution in [-0.4, -0.2) is 23.4 Å². The second-order valence-corrected chi connectivity index (χ2v) is 4.69. The van der Waals surface area contributed by atoms with Crippen molar-refractivity contribution in [2.75, 3.05) is 19.0 Å². The number of nitrogens with zero attached hydrogens (tertiary/aromatic N) is 2. The average molecular weight is 274 g/mol. The first-order valence-corrected chi connectivity index (χ1v) is 6.81. The van der Waals surface area contributed by atoms with E-state index in [1.807, 2.05) is 42.2 Å². The van der Waals surface area contributed by atoms with Gasteiger partial charge in [-0.1, -0.05) is 19.1 Å². The highest BCUT2D eigenvalue weighted by molar-refractivity contribution is 5.57. The third kappa shape index (κ3) is 2.93. The van der Waals surface area contributed by atoms with Gasteiger partial charge in [0, 0.05) is 25.4 Å². The molecule has 1 aromatic heterocycles. The molecule has 0 aliphatic heterocycles. The Bertz CT molecular complexity index is 565. The van der Waals surface area contributed by atoms with Gasteiger partial charge in [0.05, 0.1) is 24.5 Å². The molecular weight excluding hydrogens is 252 g/mol. The Morgan fingerprint density at radius 2 is 2.15 bits per heavy atom. The molecule has 5 heteroatoms. The minimum Gasteiger partial charge on any atom is -0.495 e. The van der Waals surface area contributed by atoms with E-state index in [-0.39, 0.29) is 6.04 Å². The molecule has 1 heterocycles. The van der Waals surface area contributed by atoms with Gasteiger partial charge >= 0.3 is 0 Å². The Morgan fingerprint density at radius 3 is 2.80 bits per heavy atom. The zero-order valence-electron chi connectivity index (χ0n) is 12.3. The fourth-order valence-corrected chi connectivity index (χ4v) is 2.33. The number of nitrogens with one attached hydrogen (secondary N) is 1. The van der Waals surface area contributed by atoms with Crippen molar-refractivity contribution in [3.05, 3.63) is 41.7 Å². The standard InChI is InChI=1S/C15H22N4O/c1-4-12-11(10-19(2)18-12)14(9-16)17-13-7-5-6-8-15(13)20-3/h5-8,10,14,17H,4,9,16H2,1-3H3. The molecule has 0 fully saturated rings. The largest absolute Gasteiger partial charge is 0.495 e. The maximum absolute atomic E-state index is 5.94. The number of hydrogen-bond acceptors (Lipinski definition) is 4. The van der Waals surface area contributed by atoms with Gasteiger partial charge in [-0.3, -0.25) is 4.68 Å². The van der Waals surface area contributed by atoms with Crippen LogP contribution < -0.4 is 15.8 Å². The molecule has 0 radical (unpaired) electrons. The number of aromatic nitrogens is 2. The molecule has 0 amide bonds. The van der Waals surface area contributed by atoms with Gasteiger partial charge in [-0.05, 0) is 18.6 Å². The van der Waals surface area contributed by atoms with Gasteiger partial charge < -0.3 is 15.8 Å². The van der Waals surface area contributed by atoms with Crippen molar-refractivity contribution in [1.82, 2.24) is 9.78 Å². The Kier molecular flexibility index (Phi) is 4.63. The van der Waals surface area contributed by atoms with E-state index < -0.39 is 0 Å². The van der Waals surface area contributed by atoms with Crippen LogP contribution in [0.25, 0.3) is 0 Å². The van der Waals surface area contributed by atoms with E-state index in [2.05, 4.69) is 17.3 Å². The van der Waals surface area contributed by atoms with Crippen LogP contribution in [-0.2, 0) is 13.5 Å². The van der Waals surface area contributed by atoms with Crippen LogP contribution >= 0.6 is 0 Å². The fourth-order valence-electron chi connectivity index (χ4n) is 2.33. The molecule has 0 aliphatic carbocycles. The molecule has 3 N–H and O–H groups in total. The van der Waals surface area contributed by atoms with Crippen LogP contribution in [0, 0.1) is 0 Å². The molecule has 20 heavy (non-hydrogen) atoms. The zero-order valence-corrected chi connectivity index (χ0v) is 12.3. The highest BCUT2D eigenvalue weighted by Crippen LogP contribution is 2.28. The fraction of sp³-hybridized carbons (Fsp3) is 0.400. The average Bonchev–Trinajstić information content (AvgIpc) is 2.86. The molecule has 1 aromatic carbocycles. The Morgan fingerprint density at radius 1 is 1.40 bits per heavy atom. The van der Waals surface area contributed by atoms with Crippen molar-refractivity contribution in [2.24, 2.45) is 12.8 Å². The summed E-state index contributed by atoms with van der Waals surface area (Å²) in [6.07, 6.45) is 2.92. The third-order valence-electron chi connectivity index (χ3n) is 3.32. The first kappa shape index (κ1) is 14.4. The van der Waals surface area contributed by atoms with Gasteiger partial charge in [0.15, 0.2) is 0 Å². The van der Waals surface area contributed by atoms with Crippen molar-refractivity contribution in [3.63, 3.8) is 0 Å². The number of nitrogens with two attached hydrogens (primary N) is 1. The Hall–Kier alpha value is -2.01. The molecule has 0 bridgehead atoms. The zero-order chi connectivity index (χ0) is 14.5. The summed E-state index contributed by atoms with van der Waals surface area (Å²) in [6, 6.07) is 7.87. The topological polar surface area (TPSA) is 65.1 Å². The number of methoxy groups -OCH3 is 1. The van der Waals surface area contributed by atoms with Gasteiger partial charge in [0.2, 0.25) is 0 Å². The van der Waals surface area contributed by atoms with Crippen molar-refractivity contribution in [1.29, 1.82) is 0 Å². The minimum absolute atomic E-state index is 0.0231. The van der Waals surface area contributed by atoms with Crippen molar-refractivity contribution >= 4 is 5.69 Å². The minimum atomic E-state index is 0.0231. The number of para-hydroxylation sites is 2. The van der Waals surface area contributed by atoms with E-state index in [4.69, 9.17) is 10.5 Å². The van der Waals surface area contributed by atoms with Crippen molar-refractivity contribution in [2.45, 2.75) is 19.4 Å². The van der Waals surface area contributed by atoms with Crippen LogP contribution in [0.4, 0.5) is 5.69 Å². The monoisotopic (exact) mass is 274 g/mol. The second-order valence-electron chi connectivity index (χ2n) is 4.69.